The van der Waals surface area contributed by atoms with Gasteiger partial charge in [-0.2, -0.15) is 0 Å². The summed E-state index contributed by atoms with van der Waals surface area (Å²) in [5.41, 5.74) is 2.09. The molecule has 2 aromatic rings. The Balaban J connectivity index is 1.64. The minimum absolute atomic E-state index is 0.145. The smallest absolute Gasteiger partial charge is 0.257 e. The number of hydrogen-bond acceptors (Lipinski definition) is 5. The number of carbonyl (C=O) groups excluding carboxylic acids is 2. The van der Waals surface area contributed by atoms with Gasteiger partial charge in [-0.1, -0.05) is 16.3 Å². The fraction of sp³-hybridized carbons (Fsp3) is 0.286. The quantitative estimate of drug-likeness (QED) is 0.617. The molecule has 1 aromatic carbocycles. The normalized spacial score (nSPS) is 17.8. The van der Waals surface area contributed by atoms with E-state index in [1.165, 1.54) is 18.1 Å². The molecule has 7 nitrogen and oxygen atoms in total. The molecule has 0 spiro atoms. The zero-order valence-electron chi connectivity index (χ0n) is 15.9. The van der Waals surface area contributed by atoms with Gasteiger partial charge in [-0.25, -0.2) is 0 Å². The Bertz CT molecular complexity index is 1130. The number of fused-ring (bicyclic) bond motifs is 1. The van der Waals surface area contributed by atoms with E-state index in [1.807, 2.05) is 17.0 Å². The van der Waals surface area contributed by atoms with Crippen LogP contribution in [0.25, 0.3) is 6.20 Å². The van der Waals surface area contributed by atoms with Gasteiger partial charge >= 0.3 is 0 Å². The summed E-state index contributed by atoms with van der Waals surface area (Å²) in [5, 5.41) is 9.56. The average molecular weight is 412 g/mol. The summed E-state index contributed by atoms with van der Waals surface area (Å²) in [4.78, 5) is 27.5. The van der Waals surface area contributed by atoms with Gasteiger partial charge in [0, 0.05) is 42.3 Å². The number of benzene rings is 1. The molecule has 1 aromatic heterocycles. The number of rotatable bonds is 4. The molecule has 1 fully saturated rings. The Morgan fingerprint density at radius 3 is 2.76 bits per heavy atom. The van der Waals surface area contributed by atoms with Crippen molar-refractivity contribution in [2.24, 2.45) is 11.0 Å². The van der Waals surface area contributed by atoms with Crippen molar-refractivity contribution in [2.45, 2.75) is 25.7 Å². The number of carbonyl (C=O) groups is 2. The van der Waals surface area contributed by atoms with E-state index in [9.17, 15) is 9.59 Å². The molecular formula is C21H20ClN4O3+. The summed E-state index contributed by atoms with van der Waals surface area (Å²) >= 11 is 5.92. The van der Waals surface area contributed by atoms with Gasteiger partial charge < -0.3 is 14.8 Å². The minimum Gasteiger partial charge on any atom is -0.494 e. The first-order chi connectivity index (χ1) is 14.1. The van der Waals surface area contributed by atoms with Gasteiger partial charge in [0.1, 0.15) is 17.4 Å². The molecule has 1 N–H and O–H groups in total. The van der Waals surface area contributed by atoms with Crippen LogP contribution >= 0.6 is 11.6 Å². The van der Waals surface area contributed by atoms with Crippen molar-refractivity contribution in [3.8, 4) is 5.75 Å². The fourth-order valence-corrected chi connectivity index (χ4v) is 3.72. The van der Waals surface area contributed by atoms with Crippen molar-refractivity contribution < 1.29 is 19.0 Å². The standard InChI is InChI=1S/C21H19ClN4O3/c1-29-20-8-18-15(11-26(25-18)17-4-2-13(12-27)3-5-17)7-19(20)24-21(28)14-6-16(22)10-23-9-14/h6-13H,2-5H2,1H3/p+1. The highest BCUT2D eigenvalue weighted by Gasteiger charge is 2.25. The molecule has 8 heteroatoms. The zero-order valence-corrected chi connectivity index (χ0v) is 16.6. The number of aldehydes is 1. The summed E-state index contributed by atoms with van der Waals surface area (Å²) in [7, 11) is 1.55. The first kappa shape index (κ1) is 19.3. The van der Waals surface area contributed by atoms with Crippen LogP contribution in [0.2, 0.25) is 5.02 Å². The molecule has 0 unspecified atom stereocenters. The second-order valence-electron chi connectivity index (χ2n) is 7.07. The van der Waals surface area contributed by atoms with E-state index in [4.69, 9.17) is 16.3 Å². The van der Waals surface area contributed by atoms with Crippen LogP contribution in [-0.4, -0.2) is 34.7 Å². The lowest BCUT2D eigenvalue weighted by Crippen LogP contribution is -2.24. The molecular weight excluding hydrogens is 392 g/mol. The molecule has 1 amide bonds. The number of aromatic nitrogens is 1. The number of amides is 1. The Morgan fingerprint density at radius 2 is 2.07 bits per heavy atom. The highest BCUT2D eigenvalue weighted by atomic mass is 35.5. The summed E-state index contributed by atoms with van der Waals surface area (Å²) in [5.74, 6) is 0.332. The number of halogens is 1. The highest BCUT2D eigenvalue weighted by Crippen LogP contribution is 2.23. The lowest BCUT2D eigenvalue weighted by Gasteiger charge is -2.14. The Hall–Kier alpha value is -3.06. The Morgan fingerprint density at radius 1 is 1.28 bits per heavy atom. The first-order valence-electron chi connectivity index (χ1n) is 9.37. The molecule has 0 bridgehead atoms. The topological polar surface area (TPSA) is 83.7 Å². The summed E-state index contributed by atoms with van der Waals surface area (Å²) < 4.78 is 7.33. The van der Waals surface area contributed by atoms with Crippen molar-refractivity contribution >= 4 is 41.4 Å². The van der Waals surface area contributed by atoms with Crippen LogP contribution in [0.5, 0.6) is 5.75 Å². The minimum atomic E-state index is -0.327. The summed E-state index contributed by atoms with van der Waals surface area (Å²) in [6, 6.07) is 5.19. The van der Waals surface area contributed by atoms with Crippen molar-refractivity contribution in [3.05, 3.63) is 51.8 Å². The summed E-state index contributed by atoms with van der Waals surface area (Å²) in [6.07, 6.45) is 9.32. The van der Waals surface area contributed by atoms with E-state index in [1.54, 1.807) is 19.2 Å². The van der Waals surface area contributed by atoms with Crippen molar-refractivity contribution in [3.63, 3.8) is 0 Å². The number of methoxy groups -OCH3 is 1. The predicted molar refractivity (Wildman–Crippen MR) is 109 cm³/mol. The van der Waals surface area contributed by atoms with E-state index in [-0.39, 0.29) is 11.8 Å². The number of hydrogen-bond donors (Lipinski definition) is 1. The molecule has 29 heavy (non-hydrogen) atoms. The van der Waals surface area contributed by atoms with Gasteiger partial charge in [0.05, 0.1) is 28.6 Å². The number of nitrogens with one attached hydrogen (secondary N) is 1. The van der Waals surface area contributed by atoms with Gasteiger partial charge in [0.2, 0.25) is 6.20 Å². The second-order valence-corrected chi connectivity index (χ2v) is 7.51. The predicted octanol–water partition coefficient (Wildman–Crippen LogP) is 2.12. The van der Waals surface area contributed by atoms with Crippen LogP contribution < -0.4 is 20.6 Å². The maximum absolute atomic E-state index is 12.6. The molecule has 2 heterocycles. The van der Waals surface area contributed by atoms with Crippen molar-refractivity contribution in [1.82, 2.24) is 4.98 Å². The molecule has 1 saturated carbocycles. The third-order valence-electron chi connectivity index (χ3n) is 5.16. The van der Waals surface area contributed by atoms with Crippen LogP contribution in [-0.2, 0) is 4.79 Å². The van der Waals surface area contributed by atoms with Crippen molar-refractivity contribution in [1.29, 1.82) is 0 Å². The number of pyridine rings is 1. The third-order valence-corrected chi connectivity index (χ3v) is 5.37. The number of anilines is 1. The first-order valence-corrected chi connectivity index (χ1v) is 9.75. The maximum atomic E-state index is 12.6. The Kier molecular flexibility index (Phi) is 5.40. The summed E-state index contributed by atoms with van der Waals surface area (Å²) in [6.45, 7) is 0. The molecule has 0 saturated heterocycles. The number of ether oxygens (including phenoxy) is 1. The van der Waals surface area contributed by atoms with Gasteiger partial charge in [-0.05, 0) is 25.0 Å². The number of nitrogens with zero attached hydrogens (tertiary/aromatic N) is 3. The van der Waals surface area contributed by atoms with E-state index < -0.39 is 0 Å². The van der Waals surface area contributed by atoms with E-state index >= 15 is 0 Å². The molecule has 148 valence electrons. The highest BCUT2D eigenvalue weighted by molar-refractivity contribution is 6.30. The largest absolute Gasteiger partial charge is 0.494 e. The van der Waals surface area contributed by atoms with E-state index in [0.29, 0.717) is 22.0 Å². The maximum Gasteiger partial charge on any atom is 0.257 e. The Labute approximate surface area is 172 Å². The molecule has 2 aliphatic rings. The van der Waals surface area contributed by atoms with Gasteiger partial charge in [-0.3, -0.25) is 9.78 Å². The van der Waals surface area contributed by atoms with Crippen LogP contribution in [0.15, 0.2) is 35.7 Å². The second kappa shape index (κ2) is 8.13. The van der Waals surface area contributed by atoms with Crippen LogP contribution in [0.3, 0.4) is 0 Å². The van der Waals surface area contributed by atoms with Crippen molar-refractivity contribution in [2.75, 3.05) is 12.4 Å². The van der Waals surface area contributed by atoms with E-state index in [0.717, 1.165) is 42.5 Å². The van der Waals surface area contributed by atoms with Gasteiger partial charge in [0.25, 0.3) is 5.91 Å². The average Bonchev–Trinajstić information content (AvgIpc) is 3.16. The van der Waals surface area contributed by atoms with Gasteiger partial charge in [-0.15, -0.1) is 0 Å². The van der Waals surface area contributed by atoms with E-state index in [2.05, 4.69) is 15.4 Å². The zero-order chi connectivity index (χ0) is 20.4. The fourth-order valence-electron chi connectivity index (χ4n) is 3.55. The lowest BCUT2D eigenvalue weighted by molar-refractivity contribution is -0.430. The monoisotopic (exact) mass is 411 g/mol. The molecule has 0 atom stereocenters. The lowest BCUT2D eigenvalue weighted by atomic mass is 9.89. The molecule has 1 aliphatic carbocycles. The molecule has 4 rings (SSSR count). The van der Waals surface area contributed by atoms with Crippen LogP contribution in [0.1, 0.15) is 36.0 Å². The SMILES string of the molecule is COc1cc2c(cc1NC(=O)c1cncc(Cl)c1)=C[N+](=C1CCC(C=O)CC1)N=2. The molecule has 0 radical (unpaired) electrons. The van der Waals surface area contributed by atoms with Crippen LogP contribution in [0, 0.1) is 5.92 Å². The molecule has 1 aliphatic heterocycles. The third kappa shape index (κ3) is 4.05. The van der Waals surface area contributed by atoms with Gasteiger partial charge in [0.15, 0.2) is 5.71 Å². The van der Waals surface area contributed by atoms with Crippen LogP contribution in [0.4, 0.5) is 5.69 Å².